The van der Waals surface area contributed by atoms with E-state index in [1.807, 2.05) is 6.07 Å². The van der Waals surface area contributed by atoms with E-state index in [2.05, 4.69) is 42.0 Å². The van der Waals surface area contributed by atoms with Crippen molar-refractivity contribution in [2.24, 2.45) is 10.9 Å². The number of hydrogen-bond donors (Lipinski definition) is 1. The Morgan fingerprint density at radius 3 is 2.84 bits per heavy atom. The zero-order valence-corrected chi connectivity index (χ0v) is 16.2. The van der Waals surface area contributed by atoms with Gasteiger partial charge in [-0.15, -0.1) is 0 Å². The Balaban J connectivity index is 2.09. The normalized spacial score (nSPS) is 19.6. The summed E-state index contributed by atoms with van der Waals surface area (Å²) in [6.07, 6.45) is 2.91. The Bertz CT molecular complexity index is 500. The van der Waals surface area contributed by atoms with Gasteiger partial charge in [0.1, 0.15) is 5.76 Å². The number of nitrogens with one attached hydrogen (secondary N) is 1. The molecule has 0 bridgehead atoms. The van der Waals surface area contributed by atoms with Crippen LogP contribution in [-0.4, -0.2) is 68.7 Å². The summed E-state index contributed by atoms with van der Waals surface area (Å²) in [6.45, 7) is 12.9. The first kappa shape index (κ1) is 19.8. The van der Waals surface area contributed by atoms with Gasteiger partial charge in [0.25, 0.3) is 0 Å². The number of likely N-dealkylation sites (N-methyl/N-ethyl adjacent to an activating group) is 1. The molecular weight excluding hydrogens is 316 g/mol. The molecule has 6 heteroatoms. The van der Waals surface area contributed by atoms with Gasteiger partial charge in [-0.2, -0.15) is 0 Å². The van der Waals surface area contributed by atoms with E-state index in [9.17, 15) is 0 Å². The highest BCUT2D eigenvalue weighted by Crippen LogP contribution is 2.22. The second kappa shape index (κ2) is 10.5. The van der Waals surface area contributed by atoms with Gasteiger partial charge in [0.2, 0.25) is 0 Å². The van der Waals surface area contributed by atoms with Crippen molar-refractivity contribution < 1.29 is 9.15 Å². The second-order valence-electron chi connectivity index (χ2n) is 6.50. The van der Waals surface area contributed by atoms with Crippen LogP contribution in [-0.2, 0) is 4.74 Å². The van der Waals surface area contributed by atoms with Gasteiger partial charge in [-0.1, -0.05) is 13.8 Å². The molecule has 0 spiro atoms. The lowest BCUT2D eigenvalue weighted by Gasteiger charge is -2.28. The van der Waals surface area contributed by atoms with Gasteiger partial charge in [-0.3, -0.25) is 9.89 Å². The number of guanidine groups is 1. The molecule has 1 aromatic rings. The zero-order valence-electron chi connectivity index (χ0n) is 16.2. The van der Waals surface area contributed by atoms with E-state index in [4.69, 9.17) is 14.1 Å². The summed E-state index contributed by atoms with van der Waals surface area (Å²) in [5.74, 6) is 2.59. The van der Waals surface area contributed by atoms with Gasteiger partial charge in [0.15, 0.2) is 5.96 Å². The monoisotopic (exact) mass is 350 g/mol. The van der Waals surface area contributed by atoms with Crippen LogP contribution in [0.15, 0.2) is 27.8 Å². The maximum absolute atomic E-state index is 5.69. The van der Waals surface area contributed by atoms with Crippen molar-refractivity contribution in [1.82, 2.24) is 15.1 Å². The Hall–Kier alpha value is -1.53. The highest BCUT2D eigenvalue weighted by molar-refractivity contribution is 5.80. The fourth-order valence-corrected chi connectivity index (χ4v) is 3.53. The molecule has 0 saturated carbocycles. The largest absolute Gasteiger partial charge is 0.468 e. The van der Waals surface area contributed by atoms with Crippen LogP contribution < -0.4 is 5.32 Å². The number of hydrogen-bond acceptors (Lipinski definition) is 4. The van der Waals surface area contributed by atoms with Crippen molar-refractivity contribution in [3.63, 3.8) is 0 Å². The van der Waals surface area contributed by atoms with Crippen LogP contribution in [0.4, 0.5) is 0 Å². The Labute approximate surface area is 152 Å². The van der Waals surface area contributed by atoms with Crippen LogP contribution in [0.5, 0.6) is 0 Å². The molecule has 2 unspecified atom stereocenters. The Morgan fingerprint density at radius 2 is 2.24 bits per heavy atom. The number of likely N-dealkylation sites (tertiary alicyclic amines) is 1. The van der Waals surface area contributed by atoms with E-state index in [0.29, 0.717) is 12.5 Å². The first-order chi connectivity index (χ1) is 12.2. The lowest BCUT2D eigenvalue weighted by Crippen LogP contribution is -2.41. The molecule has 2 rings (SSSR count). The van der Waals surface area contributed by atoms with Crippen molar-refractivity contribution in [3.8, 4) is 0 Å². The molecule has 0 amide bonds. The molecule has 1 fully saturated rings. The summed E-state index contributed by atoms with van der Waals surface area (Å²) >= 11 is 0. The fourth-order valence-electron chi connectivity index (χ4n) is 3.53. The fraction of sp³-hybridized carbons (Fsp3) is 0.737. The molecule has 1 N–H and O–H groups in total. The first-order valence-corrected chi connectivity index (χ1v) is 9.53. The van der Waals surface area contributed by atoms with Crippen molar-refractivity contribution in [3.05, 3.63) is 24.2 Å². The van der Waals surface area contributed by atoms with Crippen LogP contribution in [0.25, 0.3) is 0 Å². The van der Waals surface area contributed by atoms with E-state index in [0.717, 1.165) is 57.5 Å². The summed E-state index contributed by atoms with van der Waals surface area (Å²) in [7, 11) is 1.78. The third-order valence-electron chi connectivity index (χ3n) is 4.86. The van der Waals surface area contributed by atoms with Crippen LogP contribution in [0.3, 0.4) is 0 Å². The molecule has 2 atom stereocenters. The summed E-state index contributed by atoms with van der Waals surface area (Å²) in [5, 5.41) is 3.45. The van der Waals surface area contributed by atoms with Crippen molar-refractivity contribution in [2.45, 2.75) is 33.2 Å². The quantitative estimate of drug-likeness (QED) is 0.548. The predicted molar refractivity (Wildman–Crippen MR) is 102 cm³/mol. The number of ether oxygens (including phenoxy) is 1. The lowest BCUT2D eigenvalue weighted by atomic mass is 10.1. The number of methoxy groups -OCH3 is 1. The zero-order chi connectivity index (χ0) is 18.1. The Morgan fingerprint density at radius 1 is 1.44 bits per heavy atom. The molecule has 1 aromatic heterocycles. The van der Waals surface area contributed by atoms with Gasteiger partial charge in [0.05, 0.1) is 25.5 Å². The minimum atomic E-state index is 0.177. The number of furan rings is 1. The second-order valence-corrected chi connectivity index (χ2v) is 6.50. The van der Waals surface area contributed by atoms with E-state index in [1.54, 1.807) is 13.4 Å². The van der Waals surface area contributed by atoms with E-state index in [-0.39, 0.29) is 6.04 Å². The van der Waals surface area contributed by atoms with Gasteiger partial charge < -0.3 is 19.4 Å². The molecule has 1 saturated heterocycles. The molecule has 0 aromatic carbocycles. The first-order valence-electron chi connectivity index (χ1n) is 9.53. The van der Waals surface area contributed by atoms with E-state index >= 15 is 0 Å². The van der Waals surface area contributed by atoms with Crippen LogP contribution in [0, 0.1) is 5.92 Å². The standard InChI is InChI=1S/C19H34N4O2/c1-5-20-19(23-11-10-16(14-23)15-24-4)21-13-17(22(6-2)7-3)18-9-8-12-25-18/h8-9,12,16-17H,5-7,10-11,13-15H2,1-4H3,(H,20,21). The van der Waals surface area contributed by atoms with Crippen LogP contribution in [0.1, 0.15) is 39.0 Å². The smallest absolute Gasteiger partial charge is 0.193 e. The molecule has 142 valence electrons. The molecule has 25 heavy (non-hydrogen) atoms. The average molecular weight is 351 g/mol. The Kier molecular flexibility index (Phi) is 8.28. The van der Waals surface area contributed by atoms with Crippen molar-refractivity contribution in [2.75, 3.05) is 53.0 Å². The van der Waals surface area contributed by atoms with Gasteiger partial charge in [-0.25, -0.2) is 0 Å². The predicted octanol–water partition coefficient (Wildman–Crippen LogP) is 2.60. The minimum Gasteiger partial charge on any atom is -0.468 e. The lowest BCUT2D eigenvalue weighted by molar-refractivity contribution is 0.157. The maximum atomic E-state index is 5.69. The summed E-state index contributed by atoms with van der Waals surface area (Å²) in [4.78, 5) is 9.70. The maximum Gasteiger partial charge on any atom is 0.193 e. The molecule has 0 radical (unpaired) electrons. The highest BCUT2D eigenvalue weighted by Gasteiger charge is 2.26. The minimum absolute atomic E-state index is 0.177. The molecule has 1 aliphatic heterocycles. The number of aliphatic imine (C=N–C) groups is 1. The van der Waals surface area contributed by atoms with E-state index < -0.39 is 0 Å². The van der Waals surface area contributed by atoms with Gasteiger partial charge in [0, 0.05) is 32.7 Å². The summed E-state index contributed by atoms with van der Waals surface area (Å²) in [5.41, 5.74) is 0. The van der Waals surface area contributed by atoms with Gasteiger partial charge in [-0.05, 0) is 38.6 Å². The van der Waals surface area contributed by atoms with E-state index in [1.165, 1.54) is 0 Å². The molecule has 1 aliphatic rings. The van der Waals surface area contributed by atoms with Crippen molar-refractivity contribution >= 4 is 5.96 Å². The average Bonchev–Trinajstić information content (AvgIpc) is 3.30. The third-order valence-corrected chi connectivity index (χ3v) is 4.86. The molecule has 0 aliphatic carbocycles. The third kappa shape index (κ3) is 5.47. The molecular formula is C19H34N4O2. The molecule has 2 heterocycles. The summed E-state index contributed by atoms with van der Waals surface area (Å²) < 4.78 is 11.0. The number of nitrogens with zero attached hydrogens (tertiary/aromatic N) is 3. The summed E-state index contributed by atoms with van der Waals surface area (Å²) in [6, 6.07) is 4.18. The SMILES string of the molecule is CCNC(=NCC(c1ccco1)N(CC)CC)N1CCC(COC)C1. The van der Waals surface area contributed by atoms with Gasteiger partial charge >= 0.3 is 0 Å². The topological polar surface area (TPSA) is 53.2 Å². The van der Waals surface area contributed by atoms with Crippen molar-refractivity contribution in [1.29, 1.82) is 0 Å². The van der Waals surface area contributed by atoms with Crippen LogP contribution >= 0.6 is 0 Å². The highest BCUT2D eigenvalue weighted by atomic mass is 16.5. The van der Waals surface area contributed by atoms with Crippen LogP contribution in [0.2, 0.25) is 0 Å². The number of rotatable bonds is 9. The molecule has 6 nitrogen and oxygen atoms in total.